The Kier molecular flexibility index (Phi) is 4.80. The zero-order chi connectivity index (χ0) is 15.4. The fourth-order valence-corrected chi connectivity index (χ4v) is 3.59. The summed E-state index contributed by atoms with van der Waals surface area (Å²) in [5.74, 6) is 1.19. The van der Waals surface area contributed by atoms with E-state index >= 15 is 0 Å². The summed E-state index contributed by atoms with van der Waals surface area (Å²) >= 11 is 1.63. The van der Waals surface area contributed by atoms with Gasteiger partial charge in [0, 0.05) is 19.4 Å². The lowest BCUT2D eigenvalue weighted by molar-refractivity contribution is 0.200. The van der Waals surface area contributed by atoms with Gasteiger partial charge in [-0.2, -0.15) is 9.61 Å². The second kappa shape index (κ2) is 6.98. The van der Waals surface area contributed by atoms with E-state index in [-0.39, 0.29) is 0 Å². The third kappa shape index (κ3) is 3.03. The van der Waals surface area contributed by atoms with Gasteiger partial charge in [-0.3, -0.25) is 0 Å². The molecule has 0 aliphatic rings. The van der Waals surface area contributed by atoms with Gasteiger partial charge in [-0.25, -0.2) is 0 Å². The van der Waals surface area contributed by atoms with Crippen molar-refractivity contribution in [3.8, 4) is 0 Å². The van der Waals surface area contributed by atoms with Crippen LogP contribution in [0.3, 0.4) is 0 Å². The van der Waals surface area contributed by atoms with Crippen LogP contribution in [0, 0.1) is 0 Å². The number of methoxy groups -OCH3 is 1. The molecule has 6 heteroatoms. The molecule has 2 aromatic heterocycles. The summed E-state index contributed by atoms with van der Waals surface area (Å²) in [6.07, 6.45) is 2.93. The largest absolute Gasteiger partial charge is 0.384 e. The Morgan fingerprint density at radius 2 is 2.05 bits per heavy atom. The number of aromatic nitrogens is 4. The average molecular weight is 316 g/mol. The van der Waals surface area contributed by atoms with Crippen molar-refractivity contribution >= 4 is 16.3 Å². The van der Waals surface area contributed by atoms with Gasteiger partial charge in [0.25, 0.3) is 0 Å². The fourth-order valence-electron chi connectivity index (χ4n) is 2.57. The summed E-state index contributed by atoms with van der Waals surface area (Å²) in [5, 5.41) is 14.3. The summed E-state index contributed by atoms with van der Waals surface area (Å²) in [4.78, 5) is 0.859. The molecule has 116 valence electrons. The van der Waals surface area contributed by atoms with Crippen LogP contribution >= 0.6 is 11.3 Å². The van der Waals surface area contributed by atoms with Crippen molar-refractivity contribution in [2.45, 2.75) is 32.1 Å². The van der Waals surface area contributed by atoms with Crippen LogP contribution in [-0.4, -0.2) is 33.5 Å². The molecule has 2 heterocycles. The molecule has 0 amide bonds. The van der Waals surface area contributed by atoms with E-state index in [1.165, 1.54) is 5.56 Å². The van der Waals surface area contributed by atoms with E-state index in [4.69, 9.17) is 9.84 Å². The minimum Gasteiger partial charge on any atom is -0.384 e. The van der Waals surface area contributed by atoms with Gasteiger partial charge < -0.3 is 4.74 Å². The van der Waals surface area contributed by atoms with Crippen LogP contribution in [0.15, 0.2) is 30.3 Å². The number of hydrogen-bond acceptors (Lipinski definition) is 5. The molecule has 0 N–H and O–H groups in total. The molecule has 0 saturated carbocycles. The SMILES string of the molecule is CCC[C@H](c1ccccc1)c1nn2c(CCOC)nnc2s1. The molecule has 0 spiro atoms. The normalized spacial score (nSPS) is 12.8. The van der Waals surface area contributed by atoms with Crippen LogP contribution in [0.25, 0.3) is 4.96 Å². The third-order valence-electron chi connectivity index (χ3n) is 3.68. The predicted octanol–water partition coefficient (Wildman–Crippen LogP) is 3.31. The van der Waals surface area contributed by atoms with Gasteiger partial charge in [0.05, 0.1) is 6.61 Å². The van der Waals surface area contributed by atoms with Crippen molar-refractivity contribution in [2.75, 3.05) is 13.7 Å². The van der Waals surface area contributed by atoms with Gasteiger partial charge in [0.2, 0.25) is 4.96 Å². The first kappa shape index (κ1) is 15.1. The number of fused-ring (bicyclic) bond motifs is 1. The lowest BCUT2D eigenvalue weighted by atomic mass is 9.95. The van der Waals surface area contributed by atoms with Gasteiger partial charge in [0.1, 0.15) is 5.01 Å². The first-order valence-electron chi connectivity index (χ1n) is 7.58. The molecule has 0 fully saturated rings. The molecule has 0 bridgehead atoms. The maximum absolute atomic E-state index is 5.12. The summed E-state index contributed by atoms with van der Waals surface area (Å²) in [6, 6.07) is 10.6. The minimum absolute atomic E-state index is 0.327. The molecule has 3 rings (SSSR count). The van der Waals surface area contributed by atoms with Crippen LogP contribution in [-0.2, 0) is 11.2 Å². The number of benzene rings is 1. The lowest BCUT2D eigenvalue weighted by Gasteiger charge is -2.13. The Hall–Kier alpha value is -1.79. The number of rotatable bonds is 7. The molecule has 0 aliphatic carbocycles. The van der Waals surface area contributed by atoms with Crippen LogP contribution in [0.1, 0.15) is 42.1 Å². The molecule has 0 saturated heterocycles. The van der Waals surface area contributed by atoms with Crippen LogP contribution in [0.5, 0.6) is 0 Å². The van der Waals surface area contributed by atoms with Crippen molar-refractivity contribution in [3.63, 3.8) is 0 Å². The van der Waals surface area contributed by atoms with E-state index < -0.39 is 0 Å². The second-order valence-corrected chi connectivity index (χ2v) is 6.23. The van der Waals surface area contributed by atoms with E-state index in [9.17, 15) is 0 Å². The van der Waals surface area contributed by atoms with Crippen molar-refractivity contribution in [2.24, 2.45) is 0 Å². The molecule has 0 aliphatic heterocycles. The average Bonchev–Trinajstić information content (AvgIpc) is 3.12. The molecule has 1 atom stereocenters. The highest BCUT2D eigenvalue weighted by Crippen LogP contribution is 2.32. The smallest absolute Gasteiger partial charge is 0.234 e. The maximum Gasteiger partial charge on any atom is 0.234 e. The standard InChI is InChI=1S/C16H20N4OS/c1-3-7-13(12-8-5-4-6-9-12)15-19-20-14(10-11-21-2)17-18-16(20)22-15/h4-6,8-9,13H,3,7,10-11H2,1-2H3/t13-/m1/s1. The number of ether oxygens (including phenoxy) is 1. The van der Waals surface area contributed by atoms with Crippen molar-refractivity contribution in [1.29, 1.82) is 0 Å². The highest BCUT2D eigenvalue weighted by atomic mass is 32.1. The van der Waals surface area contributed by atoms with Gasteiger partial charge in [-0.15, -0.1) is 10.2 Å². The van der Waals surface area contributed by atoms with Gasteiger partial charge in [0.15, 0.2) is 5.82 Å². The fraction of sp³-hybridized carbons (Fsp3) is 0.438. The maximum atomic E-state index is 5.12. The first-order chi connectivity index (χ1) is 10.8. The predicted molar refractivity (Wildman–Crippen MR) is 87.4 cm³/mol. The number of hydrogen-bond donors (Lipinski definition) is 0. The van der Waals surface area contributed by atoms with Crippen LogP contribution in [0.2, 0.25) is 0 Å². The highest BCUT2D eigenvalue weighted by molar-refractivity contribution is 7.16. The summed E-state index contributed by atoms with van der Waals surface area (Å²) in [7, 11) is 1.69. The second-order valence-electron chi connectivity index (χ2n) is 5.25. The van der Waals surface area contributed by atoms with Gasteiger partial charge >= 0.3 is 0 Å². The van der Waals surface area contributed by atoms with Crippen LogP contribution in [0.4, 0.5) is 0 Å². The Balaban J connectivity index is 1.94. The van der Waals surface area contributed by atoms with Gasteiger partial charge in [-0.05, 0) is 12.0 Å². The lowest BCUT2D eigenvalue weighted by Crippen LogP contribution is -2.04. The highest BCUT2D eigenvalue weighted by Gasteiger charge is 2.20. The van der Waals surface area contributed by atoms with Gasteiger partial charge in [-0.1, -0.05) is 55.0 Å². The van der Waals surface area contributed by atoms with Crippen LogP contribution < -0.4 is 0 Å². The van der Waals surface area contributed by atoms with Crippen molar-refractivity contribution < 1.29 is 4.74 Å². The quantitative estimate of drug-likeness (QED) is 0.671. The van der Waals surface area contributed by atoms with Crippen molar-refractivity contribution in [3.05, 3.63) is 46.7 Å². The molecule has 1 aromatic carbocycles. The molecule has 3 aromatic rings. The van der Waals surface area contributed by atoms with E-state index in [1.807, 2.05) is 10.6 Å². The van der Waals surface area contributed by atoms with E-state index in [2.05, 4.69) is 41.4 Å². The summed E-state index contributed by atoms with van der Waals surface area (Å²) < 4.78 is 6.99. The van der Waals surface area contributed by atoms with E-state index in [0.717, 1.165) is 35.1 Å². The molecule has 0 unspecified atom stereocenters. The number of nitrogens with zero attached hydrogens (tertiary/aromatic N) is 4. The molecule has 0 radical (unpaired) electrons. The topological polar surface area (TPSA) is 52.3 Å². The Bertz CT molecular complexity index is 722. The minimum atomic E-state index is 0.327. The molecule has 5 nitrogen and oxygen atoms in total. The molecule has 22 heavy (non-hydrogen) atoms. The molecular formula is C16H20N4OS. The third-order valence-corrected chi connectivity index (χ3v) is 4.69. The molecular weight excluding hydrogens is 296 g/mol. The zero-order valence-electron chi connectivity index (χ0n) is 12.9. The zero-order valence-corrected chi connectivity index (χ0v) is 13.7. The van der Waals surface area contributed by atoms with E-state index in [1.54, 1.807) is 18.4 Å². The summed E-state index contributed by atoms with van der Waals surface area (Å²) in [6.45, 7) is 2.84. The Morgan fingerprint density at radius 1 is 1.23 bits per heavy atom. The Labute approximate surface area is 134 Å². The van der Waals surface area contributed by atoms with Crippen molar-refractivity contribution in [1.82, 2.24) is 19.8 Å². The first-order valence-corrected chi connectivity index (χ1v) is 8.40. The monoisotopic (exact) mass is 316 g/mol. The van der Waals surface area contributed by atoms with E-state index in [0.29, 0.717) is 12.5 Å². The Morgan fingerprint density at radius 3 is 2.77 bits per heavy atom. The summed E-state index contributed by atoms with van der Waals surface area (Å²) in [5.41, 5.74) is 1.31.